The fourth-order valence-corrected chi connectivity index (χ4v) is 1.43. The summed E-state index contributed by atoms with van der Waals surface area (Å²) in [7, 11) is 0. The third-order valence-electron chi connectivity index (χ3n) is 2.18. The normalized spacial score (nSPS) is 9.94. The average molecular weight is 235 g/mol. The van der Waals surface area contributed by atoms with Gasteiger partial charge >= 0.3 is 0 Å². The van der Waals surface area contributed by atoms with Gasteiger partial charge in [-0.2, -0.15) is 0 Å². The molecular weight excluding hydrogens is 218 g/mol. The van der Waals surface area contributed by atoms with Gasteiger partial charge in [0.25, 0.3) is 5.91 Å². The molecule has 6 nitrogen and oxygen atoms in total. The highest BCUT2D eigenvalue weighted by Crippen LogP contribution is 2.01. The first-order valence-corrected chi connectivity index (χ1v) is 5.55. The van der Waals surface area contributed by atoms with Gasteiger partial charge < -0.3 is 10.6 Å². The summed E-state index contributed by atoms with van der Waals surface area (Å²) in [4.78, 5) is 13.6. The third kappa shape index (κ3) is 3.57. The molecule has 1 rings (SSSR count). The quantitative estimate of drug-likeness (QED) is 0.688. The van der Waals surface area contributed by atoms with Crippen molar-refractivity contribution < 1.29 is 4.79 Å². The van der Waals surface area contributed by atoms with Crippen molar-refractivity contribution >= 4 is 5.91 Å². The number of rotatable bonds is 6. The van der Waals surface area contributed by atoms with Gasteiger partial charge in [0.15, 0.2) is 5.69 Å². The molecule has 0 saturated carbocycles. The van der Waals surface area contributed by atoms with Crippen LogP contribution < -0.4 is 5.73 Å². The molecule has 1 heterocycles. The summed E-state index contributed by atoms with van der Waals surface area (Å²) in [6.45, 7) is 3.90. The number of carbonyl (C=O) groups is 1. The second-order valence-electron chi connectivity index (χ2n) is 3.59. The first kappa shape index (κ1) is 13.2. The Labute approximate surface area is 101 Å². The van der Waals surface area contributed by atoms with E-state index in [4.69, 9.17) is 12.2 Å². The van der Waals surface area contributed by atoms with Gasteiger partial charge in [0.1, 0.15) is 0 Å². The number of nitrogens with zero attached hydrogens (tertiary/aromatic N) is 4. The highest BCUT2D eigenvalue weighted by Gasteiger charge is 2.17. The van der Waals surface area contributed by atoms with Crippen LogP contribution in [0.2, 0.25) is 0 Å². The van der Waals surface area contributed by atoms with Crippen LogP contribution in [-0.4, -0.2) is 45.4 Å². The Hall–Kier alpha value is -1.87. The van der Waals surface area contributed by atoms with Crippen molar-refractivity contribution in [3.05, 3.63) is 11.9 Å². The van der Waals surface area contributed by atoms with Crippen LogP contribution in [0.1, 0.15) is 23.8 Å². The molecule has 1 aromatic heterocycles. The van der Waals surface area contributed by atoms with Crippen LogP contribution in [0, 0.1) is 12.3 Å². The first-order valence-electron chi connectivity index (χ1n) is 5.55. The Morgan fingerprint density at radius 2 is 2.47 bits per heavy atom. The predicted molar refractivity (Wildman–Crippen MR) is 64.1 cm³/mol. The lowest BCUT2D eigenvalue weighted by Crippen LogP contribution is -2.32. The van der Waals surface area contributed by atoms with Gasteiger partial charge in [-0.25, -0.2) is 0 Å². The summed E-state index contributed by atoms with van der Waals surface area (Å²) in [5, 5.41) is 7.63. The second kappa shape index (κ2) is 6.66. The number of amides is 1. The summed E-state index contributed by atoms with van der Waals surface area (Å²) in [6.07, 6.45) is 7.67. The summed E-state index contributed by atoms with van der Waals surface area (Å²) < 4.78 is 1.55. The molecule has 0 saturated heterocycles. The highest BCUT2D eigenvalue weighted by molar-refractivity contribution is 5.92. The Kier molecular flexibility index (Phi) is 5.17. The molecule has 17 heavy (non-hydrogen) atoms. The standard InChI is InChI=1S/C11H17N5O/c1-3-6-15(7-4-2)11(17)10-9-16(8-5-12)14-13-10/h1,9H,4-8,12H2,2H3. The van der Waals surface area contributed by atoms with E-state index < -0.39 is 0 Å². The predicted octanol–water partition coefficient (Wildman–Crippen LogP) is -0.278. The fourth-order valence-electron chi connectivity index (χ4n) is 1.43. The van der Waals surface area contributed by atoms with E-state index >= 15 is 0 Å². The van der Waals surface area contributed by atoms with E-state index in [1.807, 2.05) is 6.92 Å². The molecule has 0 spiro atoms. The minimum atomic E-state index is -0.187. The smallest absolute Gasteiger partial charge is 0.276 e. The van der Waals surface area contributed by atoms with Gasteiger partial charge in [-0.15, -0.1) is 11.5 Å². The molecule has 92 valence electrons. The molecule has 0 aliphatic carbocycles. The zero-order valence-corrected chi connectivity index (χ0v) is 9.96. The SMILES string of the molecule is C#CCN(CCC)C(=O)c1cn(CCN)nn1. The maximum absolute atomic E-state index is 12.0. The lowest BCUT2D eigenvalue weighted by Gasteiger charge is -2.17. The van der Waals surface area contributed by atoms with E-state index in [1.54, 1.807) is 15.8 Å². The van der Waals surface area contributed by atoms with Gasteiger partial charge in [-0.05, 0) is 6.42 Å². The van der Waals surface area contributed by atoms with E-state index in [1.165, 1.54) is 0 Å². The van der Waals surface area contributed by atoms with Crippen molar-refractivity contribution in [1.82, 2.24) is 19.9 Å². The van der Waals surface area contributed by atoms with Crippen LogP contribution >= 0.6 is 0 Å². The molecule has 0 unspecified atom stereocenters. The molecule has 0 aliphatic heterocycles. The van der Waals surface area contributed by atoms with Crippen LogP contribution in [-0.2, 0) is 6.54 Å². The summed E-state index contributed by atoms with van der Waals surface area (Å²) in [5.74, 6) is 2.28. The second-order valence-corrected chi connectivity index (χ2v) is 3.59. The fraction of sp³-hybridized carbons (Fsp3) is 0.545. The van der Waals surface area contributed by atoms with Crippen LogP contribution in [0.15, 0.2) is 6.20 Å². The molecule has 0 bridgehead atoms. The van der Waals surface area contributed by atoms with Crippen LogP contribution in [0.25, 0.3) is 0 Å². The van der Waals surface area contributed by atoms with Crippen molar-refractivity contribution in [3.8, 4) is 12.3 Å². The summed E-state index contributed by atoms with van der Waals surface area (Å²) in [5.41, 5.74) is 5.70. The lowest BCUT2D eigenvalue weighted by molar-refractivity contribution is 0.0771. The van der Waals surface area contributed by atoms with Crippen molar-refractivity contribution in [2.75, 3.05) is 19.6 Å². The summed E-state index contributed by atoms with van der Waals surface area (Å²) >= 11 is 0. The maximum atomic E-state index is 12.0. The largest absolute Gasteiger partial charge is 0.329 e. The van der Waals surface area contributed by atoms with Crippen molar-refractivity contribution in [1.29, 1.82) is 0 Å². The van der Waals surface area contributed by atoms with E-state index in [-0.39, 0.29) is 12.5 Å². The Bertz CT molecular complexity index is 406. The Balaban J connectivity index is 2.74. The van der Waals surface area contributed by atoms with Gasteiger partial charge in [0.05, 0.1) is 19.3 Å². The number of hydrogen-bond acceptors (Lipinski definition) is 4. The number of nitrogens with two attached hydrogens (primary N) is 1. The van der Waals surface area contributed by atoms with Gasteiger partial charge in [0.2, 0.25) is 0 Å². The molecule has 0 aliphatic rings. The van der Waals surface area contributed by atoms with E-state index in [2.05, 4.69) is 16.2 Å². The van der Waals surface area contributed by atoms with Gasteiger partial charge in [-0.3, -0.25) is 9.48 Å². The van der Waals surface area contributed by atoms with Gasteiger partial charge in [0, 0.05) is 13.1 Å². The zero-order chi connectivity index (χ0) is 12.7. The molecule has 0 radical (unpaired) electrons. The molecule has 0 aromatic carbocycles. The number of aromatic nitrogens is 3. The number of carbonyl (C=O) groups excluding carboxylic acids is 1. The van der Waals surface area contributed by atoms with Crippen LogP contribution in [0.5, 0.6) is 0 Å². The van der Waals surface area contributed by atoms with Crippen molar-refractivity contribution in [3.63, 3.8) is 0 Å². The topological polar surface area (TPSA) is 77.0 Å². The molecule has 2 N–H and O–H groups in total. The number of terminal acetylenes is 1. The third-order valence-corrected chi connectivity index (χ3v) is 2.18. The zero-order valence-electron chi connectivity index (χ0n) is 9.96. The molecular formula is C11H17N5O. The van der Waals surface area contributed by atoms with Crippen LogP contribution in [0.3, 0.4) is 0 Å². The molecule has 0 fully saturated rings. The van der Waals surface area contributed by atoms with E-state index in [0.717, 1.165) is 6.42 Å². The van der Waals surface area contributed by atoms with E-state index in [9.17, 15) is 4.79 Å². The Morgan fingerprint density at radius 3 is 3.06 bits per heavy atom. The van der Waals surface area contributed by atoms with E-state index in [0.29, 0.717) is 25.3 Å². The average Bonchev–Trinajstić information content (AvgIpc) is 2.77. The maximum Gasteiger partial charge on any atom is 0.276 e. The highest BCUT2D eigenvalue weighted by atomic mass is 16.2. The van der Waals surface area contributed by atoms with Crippen molar-refractivity contribution in [2.24, 2.45) is 5.73 Å². The summed E-state index contributed by atoms with van der Waals surface area (Å²) in [6, 6.07) is 0. The molecule has 1 amide bonds. The first-order chi connectivity index (χ1) is 8.22. The number of hydrogen-bond donors (Lipinski definition) is 1. The molecule has 6 heteroatoms. The van der Waals surface area contributed by atoms with Crippen LogP contribution in [0.4, 0.5) is 0 Å². The minimum absolute atomic E-state index is 0.187. The molecule has 1 aromatic rings. The van der Waals surface area contributed by atoms with Gasteiger partial charge in [-0.1, -0.05) is 18.1 Å². The Morgan fingerprint density at radius 1 is 1.71 bits per heavy atom. The van der Waals surface area contributed by atoms with Crippen molar-refractivity contribution in [2.45, 2.75) is 19.9 Å². The monoisotopic (exact) mass is 235 g/mol. The lowest BCUT2D eigenvalue weighted by atomic mass is 10.3. The minimum Gasteiger partial charge on any atom is -0.329 e. The molecule has 0 atom stereocenters.